The van der Waals surface area contributed by atoms with Gasteiger partial charge < -0.3 is 4.55 Å². The Kier molecular flexibility index (Phi) is 5.87. The summed E-state index contributed by atoms with van der Waals surface area (Å²) in [6.07, 6.45) is 0. The third-order valence-corrected chi connectivity index (χ3v) is 3.41. The van der Waals surface area contributed by atoms with Crippen molar-refractivity contribution < 1.29 is 22.8 Å². The standard InChI is InChI=1S/C7H8O3S.C6H4N2O4/c1-6-2-4-7(5-3-6)11(8,9)10;9-7(10)5-2-1-3-6(4-5)8(11)12/h2-5H,1H3,(H,8,9,10);1-4H/p-1. The minimum absolute atomic E-state index is 0.178. The Morgan fingerprint density at radius 2 is 1.30 bits per heavy atom. The molecule has 0 aliphatic heterocycles. The van der Waals surface area contributed by atoms with Crippen molar-refractivity contribution in [2.24, 2.45) is 0 Å². The zero-order valence-electron chi connectivity index (χ0n) is 11.8. The fourth-order valence-electron chi connectivity index (χ4n) is 1.43. The summed E-state index contributed by atoms with van der Waals surface area (Å²) >= 11 is 0. The van der Waals surface area contributed by atoms with E-state index in [4.69, 9.17) is 0 Å². The molecule has 9 nitrogen and oxygen atoms in total. The number of non-ortho nitro benzene ring substituents is 2. The Balaban J connectivity index is 0.000000231. The van der Waals surface area contributed by atoms with Gasteiger partial charge in [-0.05, 0) is 25.1 Å². The van der Waals surface area contributed by atoms with Gasteiger partial charge in [-0.3, -0.25) is 20.2 Å². The lowest BCUT2D eigenvalue weighted by Crippen LogP contribution is -1.97. The van der Waals surface area contributed by atoms with E-state index in [0.29, 0.717) is 0 Å². The maximum absolute atomic E-state index is 10.4. The van der Waals surface area contributed by atoms with Crippen LogP contribution in [0.1, 0.15) is 5.56 Å². The number of hydrogen-bond donors (Lipinski definition) is 0. The van der Waals surface area contributed by atoms with E-state index in [0.717, 1.165) is 11.6 Å². The van der Waals surface area contributed by atoms with Gasteiger partial charge in [0.05, 0.1) is 20.8 Å². The highest BCUT2D eigenvalue weighted by molar-refractivity contribution is 7.85. The number of nitro benzene ring substituents is 2. The molecule has 122 valence electrons. The van der Waals surface area contributed by atoms with Gasteiger partial charge >= 0.3 is 0 Å². The summed E-state index contributed by atoms with van der Waals surface area (Å²) < 4.78 is 31.2. The smallest absolute Gasteiger partial charge is 0.276 e. The molecule has 0 spiro atoms. The largest absolute Gasteiger partial charge is 0.744 e. The molecule has 0 amide bonds. The van der Waals surface area contributed by atoms with Gasteiger partial charge in [0, 0.05) is 12.1 Å². The molecule has 0 bridgehead atoms. The maximum atomic E-state index is 10.4. The quantitative estimate of drug-likeness (QED) is 0.474. The van der Waals surface area contributed by atoms with Crippen molar-refractivity contribution in [2.75, 3.05) is 0 Å². The van der Waals surface area contributed by atoms with Crippen molar-refractivity contribution in [3.63, 3.8) is 0 Å². The number of aryl methyl sites for hydroxylation is 1. The van der Waals surface area contributed by atoms with Crippen molar-refractivity contribution in [2.45, 2.75) is 11.8 Å². The van der Waals surface area contributed by atoms with Crippen molar-refractivity contribution in [1.82, 2.24) is 0 Å². The maximum Gasteiger partial charge on any atom is 0.276 e. The Labute approximate surface area is 131 Å². The molecule has 0 aliphatic carbocycles. The van der Waals surface area contributed by atoms with Gasteiger partial charge in [-0.2, -0.15) is 0 Å². The van der Waals surface area contributed by atoms with Gasteiger partial charge in [-0.15, -0.1) is 0 Å². The molecule has 2 rings (SSSR count). The molecular formula is C13H11N2O7S-. The van der Waals surface area contributed by atoms with E-state index in [2.05, 4.69) is 0 Å². The van der Waals surface area contributed by atoms with E-state index >= 15 is 0 Å². The molecule has 2 aromatic rings. The zero-order valence-corrected chi connectivity index (χ0v) is 12.6. The van der Waals surface area contributed by atoms with Crippen LogP contribution in [0.4, 0.5) is 11.4 Å². The van der Waals surface area contributed by atoms with Crippen LogP contribution in [0.15, 0.2) is 53.4 Å². The first-order valence-corrected chi connectivity index (χ1v) is 7.43. The van der Waals surface area contributed by atoms with Crippen LogP contribution in [-0.4, -0.2) is 22.8 Å². The normalized spacial score (nSPS) is 10.3. The van der Waals surface area contributed by atoms with Gasteiger partial charge in [-0.25, -0.2) is 8.42 Å². The lowest BCUT2D eigenvalue weighted by Gasteiger charge is -2.05. The number of nitrogens with zero attached hydrogens (tertiary/aromatic N) is 2. The molecular weight excluding hydrogens is 328 g/mol. The summed E-state index contributed by atoms with van der Waals surface area (Å²) in [5.41, 5.74) is 0.380. The van der Waals surface area contributed by atoms with Crippen LogP contribution in [0, 0.1) is 27.2 Å². The fraction of sp³-hybridized carbons (Fsp3) is 0.0769. The third-order valence-electron chi connectivity index (χ3n) is 2.56. The molecule has 0 fully saturated rings. The Morgan fingerprint density at radius 1 is 0.870 bits per heavy atom. The average molecular weight is 339 g/mol. The molecule has 0 aliphatic rings. The molecule has 23 heavy (non-hydrogen) atoms. The van der Waals surface area contributed by atoms with Gasteiger partial charge in [0.2, 0.25) is 0 Å². The van der Waals surface area contributed by atoms with Crippen LogP contribution in [0.5, 0.6) is 0 Å². The van der Waals surface area contributed by atoms with Crippen LogP contribution < -0.4 is 0 Å². The van der Waals surface area contributed by atoms with Crippen LogP contribution >= 0.6 is 0 Å². The number of hydrogen-bond acceptors (Lipinski definition) is 7. The first kappa shape index (κ1) is 18.2. The molecule has 10 heteroatoms. The minimum Gasteiger partial charge on any atom is -0.744 e. The van der Waals surface area contributed by atoms with E-state index < -0.39 is 20.0 Å². The predicted octanol–water partition coefficient (Wildman–Crippen LogP) is 2.40. The molecule has 0 aromatic heterocycles. The first-order valence-electron chi connectivity index (χ1n) is 6.02. The van der Waals surface area contributed by atoms with E-state index in [1.807, 2.05) is 6.92 Å². The highest BCUT2D eigenvalue weighted by Gasteiger charge is 2.11. The molecule has 0 heterocycles. The molecule has 0 N–H and O–H groups in total. The monoisotopic (exact) mass is 339 g/mol. The lowest BCUT2D eigenvalue weighted by atomic mass is 10.2. The lowest BCUT2D eigenvalue weighted by molar-refractivity contribution is -0.394. The molecule has 0 unspecified atom stereocenters. The minimum atomic E-state index is -4.27. The Morgan fingerprint density at radius 3 is 1.65 bits per heavy atom. The summed E-state index contributed by atoms with van der Waals surface area (Å²) in [6.45, 7) is 1.82. The second-order valence-electron chi connectivity index (χ2n) is 4.30. The highest BCUT2D eigenvalue weighted by atomic mass is 32.2. The number of benzene rings is 2. The zero-order chi connectivity index (χ0) is 17.6. The summed E-state index contributed by atoms with van der Waals surface area (Å²) in [6, 6.07) is 10.4. The van der Waals surface area contributed by atoms with Crippen LogP contribution in [0.2, 0.25) is 0 Å². The van der Waals surface area contributed by atoms with Crippen LogP contribution in [0.25, 0.3) is 0 Å². The Bertz CT molecular complexity index is 787. The van der Waals surface area contributed by atoms with E-state index in [1.165, 1.54) is 30.3 Å². The average Bonchev–Trinajstić information content (AvgIpc) is 2.47. The van der Waals surface area contributed by atoms with E-state index in [1.54, 1.807) is 12.1 Å². The predicted molar refractivity (Wildman–Crippen MR) is 78.9 cm³/mol. The van der Waals surface area contributed by atoms with Crippen molar-refractivity contribution in [3.05, 3.63) is 74.3 Å². The van der Waals surface area contributed by atoms with Crippen LogP contribution in [-0.2, 0) is 10.1 Å². The van der Waals surface area contributed by atoms with Crippen LogP contribution in [0.3, 0.4) is 0 Å². The molecule has 2 aromatic carbocycles. The number of rotatable bonds is 3. The van der Waals surface area contributed by atoms with Crippen molar-refractivity contribution in [3.8, 4) is 0 Å². The number of nitro groups is 2. The van der Waals surface area contributed by atoms with Crippen molar-refractivity contribution in [1.29, 1.82) is 0 Å². The molecule has 0 saturated carbocycles. The van der Waals surface area contributed by atoms with Gasteiger partial charge in [0.15, 0.2) is 0 Å². The first-order chi connectivity index (χ1) is 10.6. The summed E-state index contributed by atoms with van der Waals surface area (Å²) in [5.74, 6) is 0. The van der Waals surface area contributed by atoms with Gasteiger partial charge in [0.1, 0.15) is 10.1 Å². The fourth-order valence-corrected chi connectivity index (χ4v) is 1.89. The summed E-state index contributed by atoms with van der Waals surface area (Å²) in [5, 5.41) is 20.3. The topological polar surface area (TPSA) is 143 Å². The molecule has 0 saturated heterocycles. The second-order valence-corrected chi connectivity index (χ2v) is 5.68. The SMILES string of the molecule is Cc1ccc(S(=O)(=O)[O-])cc1.O=[N+]([O-])c1cccc([N+](=O)[O-])c1. The molecule has 0 radical (unpaired) electrons. The Hall–Kier alpha value is -2.85. The van der Waals surface area contributed by atoms with Crippen molar-refractivity contribution >= 4 is 21.5 Å². The van der Waals surface area contributed by atoms with Gasteiger partial charge in [-0.1, -0.05) is 17.7 Å². The summed E-state index contributed by atoms with van der Waals surface area (Å²) in [4.78, 5) is 18.8. The van der Waals surface area contributed by atoms with Gasteiger partial charge in [0.25, 0.3) is 11.4 Å². The summed E-state index contributed by atoms with van der Waals surface area (Å²) in [7, 11) is -4.27. The second kappa shape index (κ2) is 7.42. The van der Waals surface area contributed by atoms with E-state index in [9.17, 15) is 33.2 Å². The molecule has 0 atom stereocenters. The third kappa shape index (κ3) is 5.80. The van der Waals surface area contributed by atoms with E-state index in [-0.39, 0.29) is 16.3 Å². The highest BCUT2D eigenvalue weighted by Crippen LogP contribution is 2.18.